The third-order valence-corrected chi connectivity index (χ3v) is 6.17. The minimum absolute atomic E-state index is 0.230. The molecule has 132 valence electrons. The first-order chi connectivity index (χ1) is 12.0. The largest absolute Gasteiger partial charge is 0.338 e. The molecule has 2 saturated heterocycles. The number of carbonyl (C=O) groups is 1. The van der Waals surface area contributed by atoms with E-state index in [2.05, 4.69) is 15.3 Å². The predicted molar refractivity (Wildman–Crippen MR) is 95.6 cm³/mol. The number of hydrogen-bond donors (Lipinski definition) is 0. The summed E-state index contributed by atoms with van der Waals surface area (Å²) >= 11 is 1.67. The molecular formula is C19H22FN3OS. The second kappa shape index (κ2) is 6.50. The molecule has 1 aromatic carbocycles. The van der Waals surface area contributed by atoms with Crippen LogP contribution in [0.25, 0.3) is 0 Å². The average molecular weight is 359 g/mol. The van der Waals surface area contributed by atoms with Crippen molar-refractivity contribution >= 4 is 17.2 Å². The molecule has 0 unspecified atom stereocenters. The molecule has 2 aliphatic heterocycles. The second-order valence-corrected chi connectivity index (χ2v) is 8.27. The number of benzene rings is 1. The molecule has 0 saturated carbocycles. The van der Waals surface area contributed by atoms with Crippen molar-refractivity contribution in [2.75, 3.05) is 19.6 Å². The minimum Gasteiger partial charge on any atom is -0.338 e. The molecule has 2 aromatic rings. The molecule has 3 heterocycles. The van der Waals surface area contributed by atoms with E-state index in [9.17, 15) is 9.18 Å². The summed E-state index contributed by atoms with van der Waals surface area (Å²) < 4.78 is 13.4. The quantitative estimate of drug-likeness (QED) is 0.841. The molecule has 4 rings (SSSR count). The van der Waals surface area contributed by atoms with Crippen molar-refractivity contribution in [1.29, 1.82) is 0 Å². The number of nitrogens with zero attached hydrogens (tertiary/aromatic N) is 3. The van der Waals surface area contributed by atoms with Gasteiger partial charge in [-0.05, 0) is 44.0 Å². The SMILES string of the molecule is Cc1nc(CN2CC[C@]3(CCN(Cc4cccc(F)c4)C3=O)C2)cs1. The maximum atomic E-state index is 13.4. The molecule has 0 bridgehead atoms. The van der Waals surface area contributed by atoms with Gasteiger partial charge < -0.3 is 4.90 Å². The normalized spacial score (nSPS) is 23.9. The highest BCUT2D eigenvalue weighted by Crippen LogP contribution is 2.41. The minimum atomic E-state index is -0.252. The highest BCUT2D eigenvalue weighted by atomic mass is 32.1. The first-order valence-corrected chi connectivity index (χ1v) is 9.59. The van der Waals surface area contributed by atoms with Gasteiger partial charge in [-0.3, -0.25) is 9.69 Å². The number of thiazole rings is 1. The maximum Gasteiger partial charge on any atom is 0.230 e. The zero-order valence-electron chi connectivity index (χ0n) is 14.4. The summed E-state index contributed by atoms with van der Waals surface area (Å²) in [5.41, 5.74) is 1.71. The Balaban J connectivity index is 1.41. The third-order valence-electron chi connectivity index (χ3n) is 5.35. The molecule has 6 heteroatoms. The molecule has 2 aliphatic rings. The van der Waals surface area contributed by atoms with Crippen LogP contribution in [-0.4, -0.2) is 40.3 Å². The van der Waals surface area contributed by atoms with Gasteiger partial charge in [-0.25, -0.2) is 9.37 Å². The van der Waals surface area contributed by atoms with Crippen LogP contribution in [0, 0.1) is 18.2 Å². The molecular weight excluding hydrogens is 337 g/mol. The molecule has 4 nitrogen and oxygen atoms in total. The van der Waals surface area contributed by atoms with Crippen LogP contribution in [0.3, 0.4) is 0 Å². The van der Waals surface area contributed by atoms with Gasteiger partial charge in [0.25, 0.3) is 0 Å². The fourth-order valence-electron chi connectivity index (χ4n) is 4.08. The summed E-state index contributed by atoms with van der Waals surface area (Å²) in [6.07, 6.45) is 1.81. The highest BCUT2D eigenvalue weighted by molar-refractivity contribution is 7.09. The van der Waals surface area contributed by atoms with Gasteiger partial charge in [-0.1, -0.05) is 12.1 Å². The van der Waals surface area contributed by atoms with Gasteiger partial charge in [-0.15, -0.1) is 11.3 Å². The fourth-order valence-corrected chi connectivity index (χ4v) is 4.69. The smallest absolute Gasteiger partial charge is 0.230 e. The van der Waals surface area contributed by atoms with Crippen molar-refractivity contribution in [3.8, 4) is 0 Å². The lowest BCUT2D eigenvalue weighted by Crippen LogP contribution is -2.36. The van der Waals surface area contributed by atoms with E-state index < -0.39 is 0 Å². The molecule has 1 aromatic heterocycles. The van der Waals surface area contributed by atoms with E-state index in [0.717, 1.165) is 55.3 Å². The van der Waals surface area contributed by atoms with Crippen LogP contribution in [0.1, 0.15) is 29.1 Å². The molecule has 25 heavy (non-hydrogen) atoms. The summed E-state index contributed by atoms with van der Waals surface area (Å²) in [5, 5.41) is 3.19. The average Bonchev–Trinajstić information content (AvgIpc) is 3.25. The van der Waals surface area contributed by atoms with Gasteiger partial charge in [0.05, 0.1) is 16.1 Å². The van der Waals surface area contributed by atoms with Crippen LogP contribution in [0.15, 0.2) is 29.6 Å². The molecule has 0 aliphatic carbocycles. The van der Waals surface area contributed by atoms with Crippen molar-refractivity contribution < 1.29 is 9.18 Å². The third kappa shape index (κ3) is 3.33. The van der Waals surface area contributed by atoms with Gasteiger partial charge >= 0.3 is 0 Å². The van der Waals surface area contributed by atoms with Gasteiger partial charge in [0.1, 0.15) is 5.82 Å². The Hall–Kier alpha value is -1.79. The molecule has 2 fully saturated rings. The Bertz CT molecular complexity index is 792. The van der Waals surface area contributed by atoms with Gasteiger partial charge in [0, 0.05) is 31.6 Å². The zero-order valence-corrected chi connectivity index (χ0v) is 15.2. The molecule has 1 amide bonds. The number of hydrogen-bond acceptors (Lipinski definition) is 4. The van der Waals surface area contributed by atoms with Crippen molar-refractivity contribution in [3.63, 3.8) is 0 Å². The fraction of sp³-hybridized carbons (Fsp3) is 0.474. The summed E-state index contributed by atoms with van der Waals surface area (Å²) in [6.45, 7) is 5.86. The number of aromatic nitrogens is 1. The monoisotopic (exact) mass is 359 g/mol. The van der Waals surface area contributed by atoms with Crippen molar-refractivity contribution in [1.82, 2.24) is 14.8 Å². The van der Waals surface area contributed by atoms with Gasteiger partial charge in [0.2, 0.25) is 5.91 Å². The standard InChI is InChI=1S/C19H22FN3OS/c1-14-21-17(12-25-14)11-22-7-5-19(13-22)6-8-23(18(19)24)10-15-3-2-4-16(20)9-15/h2-4,9,12H,5-8,10-11,13H2,1H3/t19-/m0/s1. The van der Waals surface area contributed by atoms with Crippen molar-refractivity contribution in [2.45, 2.75) is 32.9 Å². The van der Waals surface area contributed by atoms with Crippen LogP contribution >= 0.6 is 11.3 Å². The molecule has 1 spiro atoms. The molecule has 1 atom stereocenters. The Kier molecular flexibility index (Phi) is 4.33. The van der Waals surface area contributed by atoms with Crippen LogP contribution in [0.2, 0.25) is 0 Å². The predicted octanol–water partition coefficient (Wildman–Crippen LogP) is 3.22. The summed E-state index contributed by atoms with van der Waals surface area (Å²) in [5.74, 6) is -0.0156. The first kappa shape index (κ1) is 16.7. The van der Waals surface area contributed by atoms with Gasteiger partial charge in [-0.2, -0.15) is 0 Å². The molecule has 0 radical (unpaired) electrons. The highest BCUT2D eigenvalue weighted by Gasteiger charge is 2.50. The zero-order chi connectivity index (χ0) is 17.4. The number of halogens is 1. The lowest BCUT2D eigenvalue weighted by Gasteiger charge is -2.23. The van der Waals surface area contributed by atoms with Crippen LogP contribution in [0.5, 0.6) is 0 Å². The lowest BCUT2D eigenvalue weighted by molar-refractivity contribution is -0.136. The van der Waals surface area contributed by atoms with E-state index in [0.29, 0.717) is 6.54 Å². The van der Waals surface area contributed by atoms with E-state index in [4.69, 9.17) is 0 Å². The topological polar surface area (TPSA) is 36.4 Å². The number of amides is 1. The Morgan fingerprint density at radius 1 is 1.28 bits per heavy atom. The number of rotatable bonds is 4. The Labute approximate surface area is 151 Å². The number of carbonyl (C=O) groups excluding carboxylic acids is 1. The summed E-state index contributed by atoms with van der Waals surface area (Å²) in [6, 6.07) is 6.54. The van der Waals surface area contributed by atoms with Crippen LogP contribution < -0.4 is 0 Å². The van der Waals surface area contributed by atoms with Crippen molar-refractivity contribution in [3.05, 3.63) is 51.7 Å². The second-order valence-electron chi connectivity index (χ2n) is 7.21. The van der Waals surface area contributed by atoms with E-state index in [1.165, 1.54) is 12.1 Å². The number of likely N-dealkylation sites (tertiary alicyclic amines) is 2. The van der Waals surface area contributed by atoms with E-state index >= 15 is 0 Å². The van der Waals surface area contributed by atoms with E-state index in [1.807, 2.05) is 17.9 Å². The van der Waals surface area contributed by atoms with E-state index in [-0.39, 0.29) is 17.1 Å². The number of aryl methyl sites for hydroxylation is 1. The van der Waals surface area contributed by atoms with Crippen molar-refractivity contribution in [2.24, 2.45) is 5.41 Å². The maximum absolute atomic E-state index is 13.4. The first-order valence-electron chi connectivity index (χ1n) is 8.71. The van der Waals surface area contributed by atoms with Crippen LogP contribution in [0.4, 0.5) is 4.39 Å². The molecule has 0 N–H and O–H groups in total. The van der Waals surface area contributed by atoms with E-state index in [1.54, 1.807) is 17.4 Å². The van der Waals surface area contributed by atoms with Gasteiger partial charge in [0.15, 0.2) is 0 Å². The Morgan fingerprint density at radius 2 is 2.12 bits per heavy atom. The summed E-state index contributed by atoms with van der Waals surface area (Å²) in [4.78, 5) is 21.8. The van der Waals surface area contributed by atoms with Crippen LogP contribution in [-0.2, 0) is 17.9 Å². The Morgan fingerprint density at radius 3 is 2.88 bits per heavy atom. The lowest BCUT2D eigenvalue weighted by atomic mass is 9.85. The summed E-state index contributed by atoms with van der Waals surface area (Å²) in [7, 11) is 0.